The second kappa shape index (κ2) is 8.62. The van der Waals surface area contributed by atoms with Crippen molar-refractivity contribution in [2.45, 2.75) is 13.3 Å². The normalized spacial score (nSPS) is 10.6. The third kappa shape index (κ3) is 4.39. The van der Waals surface area contributed by atoms with E-state index in [0.29, 0.717) is 11.3 Å². The first-order valence-corrected chi connectivity index (χ1v) is 9.74. The lowest BCUT2D eigenvalue weighted by Crippen LogP contribution is -2.12. The lowest BCUT2D eigenvalue weighted by atomic mass is 10.0. The molecule has 148 valence electrons. The number of hydrogen-bond acceptors (Lipinski definition) is 3. The molecule has 4 rings (SSSR count). The monoisotopic (exact) mass is 395 g/mol. The number of anilines is 1. The summed E-state index contributed by atoms with van der Waals surface area (Å²) in [6.45, 7) is 1.53. The smallest absolute Gasteiger partial charge is 0.291 e. The van der Waals surface area contributed by atoms with E-state index in [9.17, 15) is 9.59 Å². The van der Waals surface area contributed by atoms with Gasteiger partial charge in [0.15, 0.2) is 11.5 Å². The Hall–Kier alpha value is -3.92. The summed E-state index contributed by atoms with van der Waals surface area (Å²) in [7, 11) is 0. The summed E-state index contributed by atoms with van der Waals surface area (Å²) in [5.74, 6) is 0.514. The van der Waals surface area contributed by atoms with Crippen molar-refractivity contribution in [3.63, 3.8) is 0 Å². The van der Waals surface area contributed by atoms with Gasteiger partial charge in [0.1, 0.15) is 5.76 Å². The number of nitrogens with one attached hydrogen (secondary N) is 1. The Morgan fingerprint density at radius 1 is 0.800 bits per heavy atom. The molecule has 3 aromatic carbocycles. The van der Waals surface area contributed by atoms with Gasteiger partial charge < -0.3 is 9.73 Å². The quantitative estimate of drug-likeness (QED) is 0.408. The minimum absolute atomic E-state index is 0.00947. The number of amides is 1. The van der Waals surface area contributed by atoms with Gasteiger partial charge in [-0.15, -0.1) is 0 Å². The number of Topliss-reactive ketones (excluding diaryl/α,β-unsaturated/α-hetero) is 1. The van der Waals surface area contributed by atoms with Crippen LogP contribution < -0.4 is 5.32 Å². The highest BCUT2D eigenvalue weighted by Gasteiger charge is 2.14. The molecule has 0 unspecified atom stereocenters. The number of hydrogen-bond donors (Lipinski definition) is 1. The van der Waals surface area contributed by atoms with E-state index in [1.165, 1.54) is 12.5 Å². The molecule has 1 amide bonds. The molecule has 0 aliphatic carbocycles. The van der Waals surface area contributed by atoms with Crippen molar-refractivity contribution in [1.29, 1.82) is 0 Å². The van der Waals surface area contributed by atoms with Crippen LogP contribution in [-0.4, -0.2) is 11.7 Å². The van der Waals surface area contributed by atoms with Gasteiger partial charge in [0.2, 0.25) is 0 Å². The van der Waals surface area contributed by atoms with E-state index in [-0.39, 0.29) is 17.5 Å². The average molecular weight is 395 g/mol. The fraction of sp³-hybridized carbons (Fsp3) is 0.0769. The van der Waals surface area contributed by atoms with Crippen LogP contribution in [-0.2, 0) is 6.42 Å². The van der Waals surface area contributed by atoms with Gasteiger partial charge >= 0.3 is 0 Å². The molecule has 1 aromatic heterocycles. The third-order valence-corrected chi connectivity index (χ3v) is 4.91. The van der Waals surface area contributed by atoms with Gasteiger partial charge in [-0.1, -0.05) is 72.8 Å². The van der Waals surface area contributed by atoms with Crippen molar-refractivity contribution in [3.05, 3.63) is 113 Å². The van der Waals surface area contributed by atoms with Crippen LogP contribution in [0.25, 0.3) is 11.3 Å². The molecule has 0 aliphatic heterocycles. The van der Waals surface area contributed by atoms with Crippen molar-refractivity contribution in [3.8, 4) is 11.3 Å². The molecule has 0 saturated heterocycles. The summed E-state index contributed by atoms with van der Waals surface area (Å²) in [6, 6.07) is 28.4. The highest BCUT2D eigenvalue weighted by molar-refractivity contribution is 6.03. The molecule has 4 heteroatoms. The maximum atomic E-state index is 12.8. The topological polar surface area (TPSA) is 59.3 Å². The minimum Gasteiger partial charge on any atom is -0.451 e. The highest BCUT2D eigenvalue weighted by atomic mass is 16.3. The van der Waals surface area contributed by atoms with Crippen LogP contribution in [0.2, 0.25) is 0 Å². The number of carbonyl (C=O) groups is 2. The molecule has 1 N–H and O–H groups in total. The van der Waals surface area contributed by atoms with E-state index in [2.05, 4.69) is 17.4 Å². The Labute approximate surface area is 175 Å². The van der Waals surface area contributed by atoms with E-state index in [1.807, 2.05) is 54.6 Å². The lowest BCUT2D eigenvalue weighted by Gasteiger charge is -2.10. The largest absolute Gasteiger partial charge is 0.451 e. The molecule has 4 nitrogen and oxygen atoms in total. The first-order chi connectivity index (χ1) is 14.6. The van der Waals surface area contributed by atoms with Crippen molar-refractivity contribution >= 4 is 17.4 Å². The van der Waals surface area contributed by atoms with E-state index in [1.54, 1.807) is 24.3 Å². The van der Waals surface area contributed by atoms with Crippen LogP contribution in [0.4, 0.5) is 5.69 Å². The molecule has 4 aromatic rings. The van der Waals surface area contributed by atoms with Crippen molar-refractivity contribution < 1.29 is 14.0 Å². The van der Waals surface area contributed by atoms with Gasteiger partial charge in [0, 0.05) is 16.8 Å². The lowest BCUT2D eigenvalue weighted by molar-refractivity contribution is 0.0994. The molecule has 0 bridgehead atoms. The van der Waals surface area contributed by atoms with Crippen molar-refractivity contribution in [1.82, 2.24) is 0 Å². The van der Waals surface area contributed by atoms with Crippen molar-refractivity contribution in [2.24, 2.45) is 0 Å². The zero-order chi connectivity index (χ0) is 20.9. The molecule has 0 radical (unpaired) electrons. The second-order valence-electron chi connectivity index (χ2n) is 7.07. The zero-order valence-electron chi connectivity index (χ0n) is 16.6. The van der Waals surface area contributed by atoms with Crippen LogP contribution in [0.1, 0.15) is 39.0 Å². The molecule has 30 heavy (non-hydrogen) atoms. The first-order valence-electron chi connectivity index (χ1n) is 9.74. The maximum absolute atomic E-state index is 12.8. The Bertz CT molecular complexity index is 1170. The van der Waals surface area contributed by atoms with E-state index < -0.39 is 0 Å². The molecule has 0 spiro atoms. The Balaban J connectivity index is 1.51. The number of carbonyl (C=O) groups excluding carboxylic acids is 2. The van der Waals surface area contributed by atoms with Crippen molar-refractivity contribution in [2.75, 3.05) is 5.32 Å². The van der Waals surface area contributed by atoms with Crippen LogP contribution in [0.3, 0.4) is 0 Å². The summed E-state index contributed by atoms with van der Waals surface area (Å²) < 4.78 is 5.77. The SMILES string of the molecule is CC(=O)c1ccc(-c2ccc(C(=O)Nc3ccccc3Cc3ccccc3)o2)cc1. The van der Waals surface area contributed by atoms with Gasteiger partial charge in [0.05, 0.1) is 0 Å². The molecule has 0 saturated carbocycles. The zero-order valence-corrected chi connectivity index (χ0v) is 16.6. The molecule has 0 atom stereocenters. The fourth-order valence-electron chi connectivity index (χ4n) is 3.28. The highest BCUT2D eigenvalue weighted by Crippen LogP contribution is 2.24. The van der Waals surface area contributed by atoms with Gasteiger partial charge in [0.25, 0.3) is 5.91 Å². The summed E-state index contributed by atoms with van der Waals surface area (Å²) in [5.41, 5.74) is 4.41. The van der Waals surface area contributed by atoms with Crippen LogP contribution in [0.15, 0.2) is 95.4 Å². The first kappa shape index (κ1) is 19.4. The molecular weight excluding hydrogens is 374 g/mol. The van der Waals surface area contributed by atoms with Crippen LogP contribution >= 0.6 is 0 Å². The van der Waals surface area contributed by atoms with E-state index in [0.717, 1.165) is 23.2 Å². The molecular formula is C26H21NO3. The average Bonchev–Trinajstić information content (AvgIpc) is 3.26. The van der Waals surface area contributed by atoms with Gasteiger partial charge in [-0.25, -0.2) is 0 Å². The Morgan fingerprint density at radius 3 is 2.23 bits per heavy atom. The minimum atomic E-state index is -0.304. The van der Waals surface area contributed by atoms with Gasteiger partial charge in [-0.05, 0) is 42.7 Å². The standard InChI is InChI=1S/C26H21NO3/c1-18(28)20-11-13-21(14-12-20)24-15-16-25(30-24)26(29)27-23-10-6-5-9-22(23)17-19-7-3-2-4-8-19/h2-16H,17H2,1H3,(H,27,29). The summed E-state index contributed by atoms with van der Waals surface area (Å²) in [4.78, 5) is 24.2. The fourth-order valence-corrected chi connectivity index (χ4v) is 3.28. The number of para-hydroxylation sites is 1. The van der Waals surface area contributed by atoms with Gasteiger partial charge in [-0.3, -0.25) is 9.59 Å². The summed E-state index contributed by atoms with van der Waals surface area (Å²) >= 11 is 0. The number of benzene rings is 3. The molecule has 0 aliphatic rings. The second-order valence-corrected chi connectivity index (χ2v) is 7.07. The predicted molar refractivity (Wildman–Crippen MR) is 118 cm³/mol. The molecule has 0 fully saturated rings. The van der Waals surface area contributed by atoms with E-state index in [4.69, 9.17) is 4.42 Å². The van der Waals surface area contributed by atoms with Crippen LogP contribution in [0, 0.1) is 0 Å². The maximum Gasteiger partial charge on any atom is 0.291 e. The van der Waals surface area contributed by atoms with Gasteiger partial charge in [-0.2, -0.15) is 0 Å². The van der Waals surface area contributed by atoms with E-state index >= 15 is 0 Å². The predicted octanol–water partition coefficient (Wildman–Crippen LogP) is 5.99. The number of rotatable bonds is 6. The Morgan fingerprint density at radius 2 is 1.50 bits per heavy atom. The number of ketones is 1. The van der Waals surface area contributed by atoms with Crippen LogP contribution in [0.5, 0.6) is 0 Å². The molecule has 1 heterocycles. The summed E-state index contributed by atoms with van der Waals surface area (Å²) in [5, 5.41) is 2.96. The summed E-state index contributed by atoms with van der Waals surface area (Å²) in [6.07, 6.45) is 0.725. The Kier molecular flexibility index (Phi) is 5.57. The number of furan rings is 1. The third-order valence-electron chi connectivity index (χ3n) is 4.91.